The second kappa shape index (κ2) is 5.42. The molecule has 1 fully saturated rings. The Balaban J connectivity index is 2.17. The van der Waals surface area contributed by atoms with E-state index in [1.165, 1.54) is 0 Å². The molecule has 1 aromatic rings. The SMILES string of the molecule is COc1ccc(N(CC(C)C)C(=O)C2CC2)cc1. The number of methoxy groups -OCH3 is 1. The number of nitrogens with zero attached hydrogens (tertiary/aromatic N) is 1. The first kappa shape index (κ1) is 12.9. The summed E-state index contributed by atoms with van der Waals surface area (Å²) in [4.78, 5) is 14.2. The molecule has 1 aromatic carbocycles. The molecular weight excluding hydrogens is 226 g/mol. The van der Waals surface area contributed by atoms with Gasteiger partial charge in [0.15, 0.2) is 0 Å². The Morgan fingerprint density at radius 3 is 2.39 bits per heavy atom. The minimum absolute atomic E-state index is 0.255. The Bertz CT molecular complexity index is 407. The largest absolute Gasteiger partial charge is 0.497 e. The van der Waals surface area contributed by atoms with E-state index < -0.39 is 0 Å². The second-order valence-electron chi connectivity index (χ2n) is 5.31. The average molecular weight is 247 g/mol. The number of amides is 1. The van der Waals surface area contributed by atoms with Gasteiger partial charge in [-0.1, -0.05) is 13.8 Å². The molecule has 0 heterocycles. The number of hydrogen-bond donors (Lipinski definition) is 0. The van der Waals surface area contributed by atoms with Gasteiger partial charge in [0.1, 0.15) is 5.75 Å². The van der Waals surface area contributed by atoms with Crippen molar-refractivity contribution in [3.8, 4) is 5.75 Å². The fourth-order valence-electron chi connectivity index (χ4n) is 2.00. The topological polar surface area (TPSA) is 29.5 Å². The molecule has 0 bridgehead atoms. The lowest BCUT2D eigenvalue weighted by molar-refractivity contribution is -0.119. The highest BCUT2D eigenvalue weighted by molar-refractivity contribution is 5.96. The molecule has 0 radical (unpaired) electrons. The van der Waals surface area contributed by atoms with E-state index in [1.54, 1.807) is 7.11 Å². The molecule has 98 valence electrons. The Kier molecular flexibility index (Phi) is 3.90. The number of carbonyl (C=O) groups excluding carboxylic acids is 1. The summed E-state index contributed by atoms with van der Waals surface area (Å²) in [6.45, 7) is 5.05. The summed E-state index contributed by atoms with van der Waals surface area (Å²) in [5, 5.41) is 0. The van der Waals surface area contributed by atoms with Gasteiger partial charge in [-0.05, 0) is 43.0 Å². The first-order chi connectivity index (χ1) is 8.61. The van der Waals surface area contributed by atoms with Crippen molar-refractivity contribution in [2.24, 2.45) is 11.8 Å². The molecule has 0 saturated heterocycles. The van der Waals surface area contributed by atoms with Crippen molar-refractivity contribution in [2.75, 3.05) is 18.6 Å². The maximum atomic E-state index is 12.3. The van der Waals surface area contributed by atoms with Crippen LogP contribution in [0.2, 0.25) is 0 Å². The summed E-state index contributed by atoms with van der Waals surface area (Å²) >= 11 is 0. The summed E-state index contributed by atoms with van der Waals surface area (Å²) in [7, 11) is 1.65. The maximum Gasteiger partial charge on any atom is 0.230 e. The van der Waals surface area contributed by atoms with Gasteiger partial charge in [-0.15, -0.1) is 0 Å². The van der Waals surface area contributed by atoms with Gasteiger partial charge in [0, 0.05) is 18.2 Å². The molecule has 1 aliphatic carbocycles. The van der Waals surface area contributed by atoms with Gasteiger partial charge < -0.3 is 9.64 Å². The van der Waals surface area contributed by atoms with Crippen LogP contribution >= 0.6 is 0 Å². The van der Waals surface area contributed by atoms with Crippen LogP contribution in [0.15, 0.2) is 24.3 Å². The molecule has 0 unspecified atom stereocenters. The summed E-state index contributed by atoms with van der Waals surface area (Å²) in [5.74, 6) is 1.82. The van der Waals surface area contributed by atoms with E-state index in [2.05, 4.69) is 13.8 Å². The van der Waals surface area contributed by atoms with Gasteiger partial charge >= 0.3 is 0 Å². The summed E-state index contributed by atoms with van der Waals surface area (Å²) in [6, 6.07) is 7.73. The molecule has 0 aliphatic heterocycles. The van der Waals surface area contributed by atoms with Gasteiger partial charge in [-0.2, -0.15) is 0 Å². The van der Waals surface area contributed by atoms with Crippen LogP contribution < -0.4 is 9.64 Å². The fourth-order valence-corrected chi connectivity index (χ4v) is 2.00. The number of carbonyl (C=O) groups is 1. The van der Waals surface area contributed by atoms with E-state index >= 15 is 0 Å². The van der Waals surface area contributed by atoms with Crippen molar-refractivity contribution in [3.05, 3.63) is 24.3 Å². The molecule has 2 rings (SSSR count). The smallest absolute Gasteiger partial charge is 0.230 e. The zero-order chi connectivity index (χ0) is 13.1. The molecule has 1 saturated carbocycles. The second-order valence-corrected chi connectivity index (χ2v) is 5.31. The van der Waals surface area contributed by atoms with Crippen molar-refractivity contribution in [3.63, 3.8) is 0 Å². The maximum absolute atomic E-state index is 12.3. The minimum Gasteiger partial charge on any atom is -0.497 e. The van der Waals surface area contributed by atoms with E-state index in [9.17, 15) is 4.79 Å². The number of ether oxygens (including phenoxy) is 1. The Labute approximate surface area is 109 Å². The standard InChI is InChI=1S/C15H21NO2/c1-11(2)10-16(15(17)12-4-5-12)13-6-8-14(18-3)9-7-13/h6-9,11-12H,4-5,10H2,1-3H3. The third kappa shape index (κ3) is 3.03. The molecule has 3 nitrogen and oxygen atoms in total. The van der Waals surface area contributed by atoms with Crippen molar-refractivity contribution in [1.29, 1.82) is 0 Å². The fraction of sp³-hybridized carbons (Fsp3) is 0.533. The van der Waals surface area contributed by atoms with Crippen molar-refractivity contribution in [2.45, 2.75) is 26.7 Å². The summed E-state index contributed by atoms with van der Waals surface area (Å²) in [5.41, 5.74) is 0.974. The Morgan fingerprint density at radius 1 is 1.33 bits per heavy atom. The number of anilines is 1. The summed E-state index contributed by atoms with van der Waals surface area (Å²) in [6.07, 6.45) is 2.09. The lowest BCUT2D eigenvalue weighted by Crippen LogP contribution is -2.35. The third-order valence-corrected chi connectivity index (χ3v) is 3.12. The van der Waals surface area contributed by atoms with E-state index in [-0.39, 0.29) is 11.8 Å². The molecule has 1 aliphatic rings. The average Bonchev–Trinajstić information content (AvgIpc) is 3.19. The van der Waals surface area contributed by atoms with Crippen LogP contribution in [-0.4, -0.2) is 19.6 Å². The first-order valence-corrected chi connectivity index (χ1v) is 6.57. The van der Waals surface area contributed by atoms with Crippen molar-refractivity contribution in [1.82, 2.24) is 0 Å². The van der Waals surface area contributed by atoms with Crippen LogP contribution in [0.5, 0.6) is 5.75 Å². The molecule has 18 heavy (non-hydrogen) atoms. The molecule has 3 heteroatoms. The number of hydrogen-bond acceptors (Lipinski definition) is 2. The van der Waals surface area contributed by atoms with E-state index in [1.807, 2.05) is 29.2 Å². The molecule has 0 spiro atoms. The molecule has 0 atom stereocenters. The van der Waals surface area contributed by atoms with Gasteiger partial charge in [0.2, 0.25) is 5.91 Å². The molecular formula is C15H21NO2. The normalized spacial score (nSPS) is 14.7. The highest BCUT2D eigenvalue weighted by Gasteiger charge is 2.34. The van der Waals surface area contributed by atoms with Crippen molar-refractivity contribution < 1.29 is 9.53 Å². The lowest BCUT2D eigenvalue weighted by atomic mass is 10.1. The van der Waals surface area contributed by atoms with E-state index in [0.717, 1.165) is 30.8 Å². The van der Waals surface area contributed by atoms with E-state index in [0.29, 0.717) is 5.92 Å². The Hall–Kier alpha value is -1.51. The lowest BCUT2D eigenvalue weighted by Gasteiger charge is -2.25. The van der Waals surface area contributed by atoms with Crippen LogP contribution in [0.4, 0.5) is 5.69 Å². The first-order valence-electron chi connectivity index (χ1n) is 6.57. The molecule has 1 amide bonds. The zero-order valence-electron chi connectivity index (χ0n) is 11.3. The van der Waals surface area contributed by atoms with Gasteiger partial charge in [0.05, 0.1) is 7.11 Å². The van der Waals surface area contributed by atoms with Gasteiger partial charge in [-0.3, -0.25) is 4.79 Å². The van der Waals surface area contributed by atoms with Crippen LogP contribution in [0.3, 0.4) is 0 Å². The zero-order valence-corrected chi connectivity index (χ0v) is 11.3. The third-order valence-electron chi connectivity index (χ3n) is 3.12. The van der Waals surface area contributed by atoms with Crippen LogP contribution in [-0.2, 0) is 4.79 Å². The monoisotopic (exact) mass is 247 g/mol. The van der Waals surface area contributed by atoms with Crippen molar-refractivity contribution >= 4 is 11.6 Å². The predicted molar refractivity (Wildman–Crippen MR) is 72.9 cm³/mol. The van der Waals surface area contributed by atoms with Gasteiger partial charge in [-0.25, -0.2) is 0 Å². The Morgan fingerprint density at radius 2 is 1.94 bits per heavy atom. The van der Waals surface area contributed by atoms with Crippen LogP contribution in [0.1, 0.15) is 26.7 Å². The van der Waals surface area contributed by atoms with E-state index in [4.69, 9.17) is 4.74 Å². The number of benzene rings is 1. The quantitative estimate of drug-likeness (QED) is 0.800. The van der Waals surface area contributed by atoms with Gasteiger partial charge in [0.25, 0.3) is 0 Å². The highest BCUT2D eigenvalue weighted by atomic mass is 16.5. The summed E-state index contributed by atoms with van der Waals surface area (Å²) < 4.78 is 5.15. The highest BCUT2D eigenvalue weighted by Crippen LogP contribution is 2.33. The minimum atomic E-state index is 0.255. The van der Waals surface area contributed by atoms with Crippen LogP contribution in [0.25, 0.3) is 0 Å². The van der Waals surface area contributed by atoms with Crippen LogP contribution in [0, 0.1) is 11.8 Å². The number of rotatable bonds is 5. The predicted octanol–water partition coefficient (Wildman–Crippen LogP) is 3.09. The molecule has 0 aromatic heterocycles. The molecule has 0 N–H and O–H groups in total.